The van der Waals surface area contributed by atoms with Crippen LogP contribution in [0.4, 0.5) is 0 Å². The van der Waals surface area contributed by atoms with Gasteiger partial charge < -0.3 is 14.4 Å². The summed E-state index contributed by atoms with van der Waals surface area (Å²) in [6.07, 6.45) is 0. The number of nitrogens with zero attached hydrogens (tertiary/aromatic N) is 2. The van der Waals surface area contributed by atoms with E-state index in [9.17, 15) is 4.79 Å². The van der Waals surface area contributed by atoms with Crippen molar-refractivity contribution in [2.24, 2.45) is 0 Å². The van der Waals surface area contributed by atoms with Crippen molar-refractivity contribution in [3.05, 3.63) is 58.1 Å². The first-order valence-electron chi connectivity index (χ1n) is 8.76. The maximum atomic E-state index is 12.4. The zero-order valence-corrected chi connectivity index (χ0v) is 16.7. The molecule has 1 amide bonds. The fourth-order valence-corrected chi connectivity index (χ4v) is 3.43. The van der Waals surface area contributed by atoms with Crippen molar-refractivity contribution < 1.29 is 14.3 Å². The average molecular weight is 409 g/mol. The molecular weight excluding hydrogens is 387 g/mol. The number of carbonyl (C=O) groups is 1. The van der Waals surface area contributed by atoms with Crippen molar-refractivity contribution in [2.75, 3.05) is 39.9 Å². The van der Waals surface area contributed by atoms with E-state index in [4.69, 9.17) is 32.7 Å². The van der Waals surface area contributed by atoms with Crippen LogP contribution in [0.2, 0.25) is 10.0 Å². The molecule has 1 saturated heterocycles. The van der Waals surface area contributed by atoms with E-state index >= 15 is 0 Å². The van der Waals surface area contributed by atoms with Gasteiger partial charge in [-0.1, -0.05) is 35.3 Å². The van der Waals surface area contributed by atoms with Gasteiger partial charge in [0.1, 0.15) is 11.5 Å². The third-order valence-corrected chi connectivity index (χ3v) is 5.07. The summed E-state index contributed by atoms with van der Waals surface area (Å²) in [5, 5.41) is 0.936. The number of benzene rings is 2. The number of methoxy groups -OCH3 is 1. The summed E-state index contributed by atoms with van der Waals surface area (Å²) < 4.78 is 10.7. The normalized spacial score (nSPS) is 14.9. The molecule has 3 rings (SSSR count). The molecule has 2 aromatic carbocycles. The van der Waals surface area contributed by atoms with E-state index in [-0.39, 0.29) is 12.5 Å². The molecule has 5 nitrogen and oxygen atoms in total. The Morgan fingerprint density at radius 3 is 2.37 bits per heavy atom. The Morgan fingerprint density at radius 2 is 1.74 bits per heavy atom. The molecule has 0 unspecified atom stereocenters. The van der Waals surface area contributed by atoms with Crippen LogP contribution in [0.3, 0.4) is 0 Å². The van der Waals surface area contributed by atoms with E-state index in [1.807, 2.05) is 17.0 Å². The summed E-state index contributed by atoms with van der Waals surface area (Å²) >= 11 is 11.9. The molecule has 1 aliphatic heterocycles. The van der Waals surface area contributed by atoms with E-state index in [0.717, 1.165) is 25.4 Å². The highest BCUT2D eigenvalue weighted by molar-refractivity contribution is 6.35. The van der Waals surface area contributed by atoms with Crippen LogP contribution in [-0.4, -0.2) is 55.6 Å². The van der Waals surface area contributed by atoms with Crippen LogP contribution in [0.15, 0.2) is 42.5 Å². The van der Waals surface area contributed by atoms with Crippen LogP contribution in [0.25, 0.3) is 0 Å². The second-order valence-electron chi connectivity index (χ2n) is 6.37. The molecule has 0 N–H and O–H groups in total. The number of piperazine rings is 1. The number of ether oxygens (including phenoxy) is 2. The largest absolute Gasteiger partial charge is 0.497 e. The average Bonchev–Trinajstić information content (AvgIpc) is 2.68. The van der Waals surface area contributed by atoms with E-state index in [0.29, 0.717) is 28.9 Å². The Labute approximate surface area is 169 Å². The lowest BCUT2D eigenvalue weighted by atomic mass is 10.2. The number of amides is 1. The van der Waals surface area contributed by atoms with Crippen LogP contribution < -0.4 is 9.47 Å². The van der Waals surface area contributed by atoms with Gasteiger partial charge in [0, 0.05) is 37.7 Å². The summed E-state index contributed by atoms with van der Waals surface area (Å²) in [6.45, 7) is 3.88. The van der Waals surface area contributed by atoms with Gasteiger partial charge in [0.25, 0.3) is 5.91 Å². The molecule has 0 bridgehead atoms. The van der Waals surface area contributed by atoms with Gasteiger partial charge in [-0.15, -0.1) is 0 Å². The molecule has 1 aliphatic rings. The molecule has 0 saturated carbocycles. The quantitative estimate of drug-likeness (QED) is 0.730. The van der Waals surface area contributed by atoms with Gasteiger partial charge in [-0.3, -0.25) is 9.69 Å². The Bertz CT molecular complexity index is 775. The monoisotopic (exact) mass is 408 g/mol. The lowest BCUT2D eigenvalue weighted by molar-refractivity contribution is -0.135. The first kappa shape index (κ1) is 19.8. The van der Waals surface area contributed by atoms with Gasteiger partial charge in [-0.05, 0) is 35.9 Å². The van der Waals surface area contributed by atoms with Gasteiger partial charge in [0.2, 0.25) is 0 Å². The molecule has 27 heavy (non-hydrogen) atoms. The Kier molecular flexibility index (Phi) is 6.83. The van der Waals surface area contributed by atoms with Crippen LogP contribution in [0.1, 0.15) is 5.56 Å². The summed E-state index contributed by atoms with van der Waals surface area (Å²) in [5.74, 6) is 1.28. The minimum atomic E-state index is -0.0369. The fourth-order valence-electron chi connectivity index (χ4n) is 2.97. The lowest BCUT2D eigenvalue weighted by Gasteiger charge is -2.34. The standard InChI is InChI=1S/C20H22Cl2N2O3/c1-26-17-5-2-15(3-6-17)13-23-8-10-24(11-9-23)20(25)14-27-19-7-4-16(21)12-18(19)22/h2-7,12H,8-11,13-14H2,1H3. The molecule has 0 aliphatic carbocycles. The molecule has 144 valence electrons. The maximum absolute atomic E-state index is 12.4. The molecule has 7 heteroatoms. The van der Waals surface area contributed by atoms with Crippen molar-refractivity contribution in [2.45, 2.75) is 6.54 Å². The predicted molar refractivity (Wildman–Crippen MR) is 107 cm³/mol. The van der Waals surface area contributed by atoms with Gasteiger partial charge in [-0.25, -0.2) is 0 Å². The minimum Gasteiger partial charge on any atom is -0.497 e. The second kappa shape index (κ2) is 9.31. The molecule has 2 aromatic rings. The fraction of sp³-hybridized carbons (Fsp3) is 0.350. The third kappa shape index (κ3) is 5.51. The van der Waals surface area contributed by atoms with E-state index < -0.39 is 0 Å². The molecule has 0 radical (unpaired) electrons. The molecule has 0 spiro atoms. The lowest BCUT2D eigenvalue weighted by Crippen LogP contribution is -2.49. The van der Waals surface area contributed by atoms with Crippen LogP contribution in [0.5, 0.6) is 11.5 Å². The zero-order valence-electron chi connectivity index (χ0n) is 15.2. The highest BCUT2D eigenvalue weighted by atomic mass is 35.5. The van der Waals surface area contributed by atoms with Crippen molar-refractivity contribution in [1.29, 1.82) is 0 Å². The van der Waals surface area contributed by atoms with Gasteiger partial charge in [-0.2, -0.15) is 0 Å². The molecule has 0 atom stereocenters. The van der Waals surface area contributed by atoms with E-state index in [1.54, 1.807) is 25.3 Å². The predicted octanol–water partition coefficient (Wildman–Crippen LogP) is 3.73. The highest BCUT2D eigenvalue weighted by Gasteiger charge is 2.21. The van der Waals surface area contributed by atoms with Crippen LogP contribution in [0, 0.1) is 0 Å². The van der Waals surface area contributed by atoms with Crippen molar-refractivity contribution in [3.63, 3.8) is 0 Å². The van der Waals surface area contributed by atoms with Crippen LogP contribution >= 0.6 is 23.2 Å². The molecule has 1 heterocycles. The Morgan fingerprint density at radius 1 is 1.04 bits per heavy atom. The summed E-state index contributed by atoms with van der Waals surface area (Å²) in [5.41, 5.74) is 1.23. The number of hydrogen-bond donors (Lipinski definition) is 0. The van der Waals surface area contributed by atoms with Crippen molar-refractivity contribution in [1.82, 2.24) is 9.80 Å². The number of rotatable bonds is 6. The van der Waals surface area contributed by atoms with Crippen LogP contribution in [-0.2, 0) is 11.3 Å². The molecule has 0 aromatic heterocycles. The second-order valence-corrected chi connectivity index (χ2v) is 7.21. The first-order valence-corrected chi connectivity index (χ1v) is 9.51. The molecule has 1 fully saturated rings. The molecular formula is C20H22Cl2N2O3. The van der Waals surface area contributed by atoms with Crippen molar-refractivity contribution >= 4 is 29.1 Å². The summed E-state index contributed by atoms with van der Waals surface area (Å²) in [4.78, 5) is 16.5. The summed E-state index contributed by atoms with van der Waals surface area (Å²) in [7, 11) is 1.66. The highest BCUT2D eigenvalue weighted by Crippen LogP contribution is 2.27. The van der Waals surface area contributed by atoms with Gasteiger partial charge >= 0.3 is 0 Å². The van der Waals surface area contributed by atoms with Gasteiger partial charge in [0.05, 0.1) is 12.1 Å². The third-order valence-electron chi connectivity index (χ3n) is 4.54. The topological polar surface area (TPSA) is 42.0 Å². The minimum absolute atomic E-state index is 0.0279. The number of halogens is 2. The number of carbonyl (C=O) groups excluding carboxylic acids is 1. The van der Waals surface area contributed by atoms with Crippen molar-refractivity contribution in [3.8, 4) is 11.5 Å². The summed E-state index contributed by atoms with van der Waals surface area (Å²) in [6, 6.07) is 13.0. The van der Waals surface area contributed by atoms with E-state index in [1.165, 1.54) is 5.56 Å². The maximum Gasteiger partial charge on any atom is 0.260 e. The zero-order chi connectivity index (χ0) is 19.2. The number of hydrogen-bond acceptors (Lipinski definition) is 4. The SMILES string of the molecule is COc1ccc(CN2CCN(C(=O)COc3ccc(Cl)cc3Cl)CC2)cc1. The Hall–Kier alpha value is -1.95. The Balaban J connectivity index is 1.44. The van der Waals surface area contributed by atoms with E-state index in [2.05, 4.69) is 17.0 Å². The van der Waals surface area contributed by atoms with Gasteiger partial charge in [0.15, 0.2) is 6.61 Å². The first-order chi connectivity index (χ1) is 13.0. The smallest absolute Gasteiger partial charge is 0.260 e.